The molecule has 3 heterocycles. The summed E-state index contributed by atoms with van der Waals surface area (Å²) in [6.45, 7) is 0. The minimum absolute atomic E-state index is 1.21. The molecular weight excluding hydrogens is 511 g/mol. The SMILES string of the molecule is c1ccc2c(c1)sc1cc(-c3cccc4sc5cc(-n6c7ccccc7c7ccccc76)ccc5c34)ccc12. The van der Waals surface area contributed by atoms with E-state index in [1.54, 1.807) is 0 Å². The number of aromatic nitrogens is 1. The highest BCUT2D eigenvalue weighted by molar-refractivity contribution is 7.26. The number of thiophene rings is 2. The van der Waals surface area contributed by atoms with Crippen LogP contribution in [-0.2, 0) is 0 Å². The van der Waals surface area contributed by atoms with Gasteiger partial charge in [-0.3, -0.25) is 0 Å². The lowest BCUT2D eigenvalue weighted by molar-refractivity contribution is 1.19. The summed E-state index contributed by atoms with van der Waals surface area (Å²) in [4.78, 5) is 0. The van der Waals surface area contributed by atoms with Crippen LogP contribution in [0.15, 0.2) is 127 Å². The van der Waals surface area contributed by atoms with Crippen molar-refractivity contribution >= 4 is 84.8 Å². The summed E-state index contributed by atoms with van der Waals surface area (Å²) in [5.41, 5.74) is 6.29. The maximum absolute atomic E-state index is 2.41. The fourth-order valence-corrected chi connectivity index (χ4v) is 8.60. The highest BCUT2D eigenvalue weighted by atomic mass is 32.1. The van der Waals surface area contributed by atoms with Crippen LogP contribution >= 0.6 is 22.7 Å². The first-order valence-corrected chi connectivity index (χ1v) is 14.8. The third-order valence-corrected chi connectivity index (χ3v) is 10.3. The van der Waals surface area contributed by atoms with Gasteiger partial charge in [0.05, 0.1) is 11.0 Å². The predicted octanol–water partition coefficient (Wildman–Crippen LogP) is 11.2. The fraction of sp³-hybridized carbons (Fsp3) is 0. The van der Waals surface area contributed by atoms with E-state index < -0.39 is 0 Å². The average Bonchev–Trinajstić information content (AvgIpc) is 3.65. The van der Waals surface area contributed by atoms with Crippen LogP contribution in [0, 0.1) is 0 Å². The smallest absolute Gasteiger partial charge is 0.0541 e. The van der Waals surface area contributed by atoms with Crippen molar-refractivity contribution in [3.63, 3.8) is 0 Å². The Morgan fingerprint density at radius 2 is 1.03 bits per heavy atom. The molecule has 0 aliphatic carbocycles. The van der Waals surface area contributed by atoms with E-state index in [1.807, 2.05) is 22.7 Å². The van der Waals surface area contributed by atoms with Gasteiger partial charge in [0.1, 0.15) is 0 Å². The number of benzene rings is 6. The zero-order valence-corrected chi connectivity index (χ0v) is 22.5. The molecule has 0 aliphatic heterocycles. The standard InChI is InChI=1S/C36H21NS2/c1-4-12-30-25(8-1)26-9-2-5-13-31(26)37(30)23-17-19-29-35(21-23)39-33-15-7-11-24(36(29)33)22-16-18-28-27-10-3-6-14-32(27)38-34(28)20-22/h1-21H. The van der Waals surface area contributed by atoms with Crippen molar-refractivity contribution in [1.82, 2.24) is 4.57 Å². The number of nitrogens with zero attached hydrogens (tertiary/aromatic N) is 1. The molecule has 6 aromatic carbocycles. The molecule has 0 fully saturated rings. The minimum atomic E-state index is 1.21. The van der Waals surface area contributed by atoms with E-state index in [0.717, 1.165) is 0 Å². The Labute approximate surface area is 232 Å². The molecule has 0 aliphatic rings. The van der Waals surface area contributed by atoms with Gasteiger partial charge in [-0.05, 0) is 53.6 Å². The van der Waals surface area contributed by atoms with Crippen LogP contribution in [0.1, 0.15) is 0 Å². The van der Waals surface area contributed by atoms with Crippen molar-refractivity contribution in [2.45, 2.75) is 0 Å². The molecule has 0 unspecified atom stereocenters. The molecular formula is C36H21NS2. The summed E-state index contributed by atoms with van der Waals surface area (Å²) in [6.07, 6.45) is 0. The Bertz CT molecular complexity index is 2350. The number of para-hydroxylation sites is 2. The van der Waals surface area contributed by atoms with Gasteiger partial charge in [0.2, 0.25) is 0 Å². The molecule has 0 amide bonds. The summed E-state index contributed by atoms with van der Waals surface area (Å²) in [7, 11) is 0. The fourth-order valence-electron chi connectivity index (χ4n) is 6.29. The average molecular weight is 532 g/mol. The second kappa shape index (κ2) is 8.03. The predicted molar refractivity (Wildman–Crippen MR) is 172 cm³/mol. The van der Waals surface area contributed by atoms with Crippen molar-refractivity contribution in [2.75, 3.05) is 0 Å². The minimum Gasteiger partial charge on any atom is -0.309 e. The highest BCUT2D eigenvalue weighted by Gasteiger charge is 2.16. The third kappa shape index (κ3) is 3.06. The summed E-state index contributed by atoms with van der Waals surface area (Å²) in [5.74, 6) is 0. The monoisotopic (exact) mass is 531 g/mol. The molecule has 3 aromatic heterocycles. The molecule has 0 radical (unpaired) electrons. The number of rotatable bonds is 2. The number of hydrogen-bond donors (Lipinski definition) is 0. The van der Waals surface area contributed by atoms with E-state index in [-0.39, 0.29) is 0 Å². The molecule has 182 valence electrons. The Hall–Kier alpha value is -4.44. The Morgan fingerprint density at radius 3 is 1.85 bits per heavy atom. The van der Waals surface area contributed by atoms with Gasteiger partial charge in [-0.1, -0.05) is 84.9 Å². The molecule has 0 spiro atoms. The first-order valence-electron chi connectivity index (χ1n) is 13.2. The summed E-state index contributed by atoms with van der Waals surface area (Å²) >= 11 is 3.77. The molecule has 9 aromatic rings. The van der Waals surface area contributed by atoms with Crippen LogP contribution in [-0.4, -0.2) is 4.57 Å². The van der Waals surface area contributed by atoms with Crippen LogP contribution in [0.4, 0.5) is 0 Å². The number of fused-ring (bicyclic) bond motifs is 9. The van der Waals surface area contributed by atoms with E-state index in [0.29, 0.717) is 0 Å². The molecule has 3 heteroatoms. The molecule has 0 saturated heterocycles. The highest BCUT2D eigenvalue weighted by Crippen LogP contribution is 2.43. The zero-order chi connectivity index (χ0) is 25.5. The Morgan fingerprint density at radius 1 is 0.410 bits per heavy atom. The van der Waals surface area contributed by atoms with Gasteiger partial charge in [0.15, 0.2) is 0 Å². The van der Waals surface area contributed by atoms with Crippen LogP contribution in [0.5, 0.6) is 0 Å². The normalized spacial score (nSPS) is 12.1. The van der Waals surface area contributed by atoms with Crippen molar-refractivity contribution in [3.05, 3.63) is 127 Å². The third-order valence-electron chi connectivity index (χ3n) is 8.01. The van der Waals surface area contributed by atoms with Gasteiger partial charge in [0, 0.05) is 56.8 Å². The van der Waals surface area contributed by atoms with Crippen molar-refractivity contribution < 1.29 is 0 Å². The lowest BCUT2D eigenvalue weighted by atomic mass is 9.98. The van der Waals surface area contributed by atoms with E-state index in [1.165, 1.54) is 79.0 Å². The van der Waals surface area contributed by atoms with Gasteiger partial charge in [-0.15, -0.1) is 22.7 Å². The molecule has 0 bridgehead atoms. The summed E-state index contributed by atoms with van der Waals surface area (Å²) < 4.78 is 7.75. The van der Waals surface area contributed by atoms with Crippen LogP contribution in [0.25, 0.3) is 79.0 Å². The molecule has 0 saturated carbocycles. The molecule has 0 atom stereocenters. The lowest BCUT2D eigenvalue weighted by Crippen LogP contribution is -1.92. The van der Waals surface area contributed by atoms with Gasteiger partial charge in [-0.2, -0.15) is 0 Å². The maximum atomic E-state index is 2.41. The van der Waals surface area contributed by atoms with Gasteiger partial charge in [-0.25, -0.2) is 0 Å². The maximum Gasteiger partial charge on any atom is 0.0541 e. The Balaban J connectivity index is 1.27. The van der Waals surface area contributed by atoms with E-state index in [9.17, 15) is 0 Å². The Kier molecular flexibility index (Phi) is 4.43. The van der Waals surface area contributed by atoms with Crippen molar-refractivity contribution in [3.8, 4) is 16.8 Å². The summed E-state index contributed by atoms with van der Waals surface area (Å²) in [6, 6.07) is 46.9. The van der Waals surface area contributed by atoms with Crippen LogP contribution < -0.4 is 0 Å². The first kappa shape index (κ1) is 21.5. The van der Waals surface area contributed by atoms with Gasteiger partial charge in [0.25, 0.3) is 0 Å². The van der Waals surface area contributed by atoms with Crippen molar-refractivity contribution in [2.24, 2.45) is 0 Å². The summed E-state index contributed by atoms with van der Waals surface area (Å²) in [5, 5.41) is 7.96. The molecule has 9 rings (SSSR count). The second-order valence-corrected chi connectivity index (χ2v) is 12.3. The molecule has 39 heavy (non-hydrogen) atoms. The quantitative estimate of drug-likeness (QED) is 0.209. The second-order valence-electron chi connectivity index (χ2n) is 10.1. The van der Waals surface area contributed by atoms with Gasteiger partial charge >= 0.3 is 0 Å². The first-order chi connectivity index (χ1) is 19.3. The van der Waals surface area contributed by atoms with Crippen molar-refractivity contribution in [1.29, 1.82) is 0 Å². The number of hydrogen-bond acceptors (Lipinski definition) is 2. The zero-order valence-electron chi connectivity index (χ0n) is 20.9. The topological polar surface area (TPSA) is 4.93 Å². The molecule has 0 N–H and O–H groups in total. The van der Waals surface area contributed by atoms with Crippen LogP contribution in [0.3, 0.4) is 0 Å². The largest absolute Gasteiger partial charge is 0.309 e. The van der Waals surface area contributed by atoms with E-state index >= 15 is 0 Å². The molecule has 1 nitrogen and oxygen atoms in total. The van der Waals surface area contributed by atoms with Crippen LogP contribution in [0.2, 0.25) is 0 Å². The lowest BCUT2D eigenvalue weighted by Gasteiger charge is -2.09. The van der Waals surface area contributed by atoms with E-state index in [2.05, 4.69) is 132 Å². The van der Waals surface area contributed by atoms with E-state index in [4.69, 9.17) is 0 Å². The van der Waals surface area contributed by atoms with Gasteiger partial charge < -0.3 is 4.57 Å².